The first kappa shape index (κ1) is 24.1. The standard InChI is InChI=1S/C16H24S.C8H16/c1-4-6-8-10-15(17-3)14-16(11-7-5-2)12-9-13-16;1-4-5-6-7-8(2)3/h4,6,8,10,15H,9,11-14H2,1-3H3;2,4-7H2,1,3H3/p+1/b6-4+,10-8+;. The highest BCUT2D eigenvalue weighted by atomic mass is 32.2. The largest absolute Gasteiger partial charge is 0.134 e. The molecular formula is C24H41S+. The maximum atomic E-state index is 3.83. The maximum absolute atomic E-state index is 3.83. The summed E-state index contributed by atoms with van der Waals surface area (Å²) in [6, 6.07) is 0. The second-order valence-electron chi connectivity index (χ2n) is 7.31. The predicted molar refractivity (Wildman–Crippen MR) is 120 cm³/mol. The molecule has 0 spiro atoms. The van der Waals surface area contributed by atoms with Gasteiger partial charge >= 0.3 is 0 Å². The summed E-state index contributed by atoms with van der Waals surface area (Å²) < 4.78 is 0. The van der Waals surface area contributed by atoms with Gasteiger partial charge in [0.1, 0.15) is 5.25 Å². The molecule has 25 heavy (non-hydrogen) atoms. The van der Waals surface area contributed by atoms with E-state index in [1.165, 1.54) is 68.7 Å². The topological polar surface area (TPSA) is 0 Å². The molecule has 0 N–H and O–H groups in total. The molecule has 142 valence electrons. The smallest absolute Gasteiger partial charge is 0.107 e. The number of hydrogen-bond acceptors (Lipinski definition) is 0. The van der Waals surface area contributed by atoms with E-state index in [-0.39, 0.29) is 0 Å². The number of unbranched alkanes of at least 4 members (excludes halogenated alkanes) is 2. The Kier molecular flexibility index (Phi) is 14.9. The molecule has 1 heteroatoms. The second kappa shape index (κ2) is 15.4. The molecule has 1 saturated carbocycles. The number of hydrogen-bond donors (Lipinski definition) is 0. The van der Waals surface area contributed by atoms with Crippen molar-refractivity contribution in [1.29, 1.82) is 0 Å². The summed E-state index contributed by atoms with van der Waals surface area (Å²) in [6.45, 7) is 12.2. The van der Waals surface area contributed by atoms with E-state index in [4.69, 9.17) is 0 Å². The normalized spacial score (nSPS) is 16.5. The monoisotopic (exact) mass is 361 g/mol. The molecule has 0 radical (unpaired) electrons. The van der Waals surface area contributed by atoms with Crippen LogP contribution in [0.25, 0.3) is 0 Å². The third-order valence-electron chi connectivity index (χ3n) is 4.87. The fourth-order valence-electron chi connectivity index (χ4n) is 3.08. The van der Waals surface area contributed by atoms with Crippen LogP contribution in [0.1, 0.15) is 85.5 Å². The average Bonchev–Trinajstić information content (AvgIpc) is 2.56. The number of allylic oxidation sites excluding steroid dienone is 4. The zero-order valence-corrected chi connectivity index (χ0v) is 18.3. The number of rotatable bonds is 10. The third kappa shape index (κ3) is 12.2. The van der Waals surface area contributed by atoms with Crippen LogP contribution < -0.4 is 0 Å². The molecule has 0 bridgehead atoms. The predicted octanol–water partition coefficient (Wildman–Crippen LogP) is 7.05. The molecular weight excluding hydrogens is 320 g/mol. The Morgan fingerprint density at radius 2 is 2.00 bits per heavy atom. The van der Waals surface area contributed by atoms with Gasteiger partial charge in [0.25, 0.3) is 0 Å². The highest BCUT2D eigenvalue weighted by molar-refractivity contribution is 7.78. The molecule has 1 rings (SSSR count). The summed E-state index contributed by atoms with van der Waals surface area (Å²) in [5.74, 6) is 6.35. The van der Waals surface area contributed by atoms with E-state index in [1.54, 1.807) is 0 Å². The van der Waals surface area contributed by atoms with Gasteiger partial charge in [-0.2, -0.15) is 0 Å². The summed E-state index contributed by atoms with van der Waals surface area (Å²) in [5.41, 5.74) is 1.86. The molecule has 0 amide bonds. The third-order valence-corrected chi connectivity index (χ3v) is 5.89. The van der Waals surface area contributed by atoms with Gasteiger partial charge < -0.3 is 0 Å². The van der Waals surface area contributed by atoms with Crippen LogP contribution >= 0.6 is 0 Å². The van der Waals surface area contributed by atoms with Crippen molar-refractivity contribution in [3.63, 3.8) is 0 Å². The van der Waals surface area contributed by atoms with Crippen molar-refractivity contribution in [2.75, 3.05) is 6.26 Å². The van der Waals surface area contributed by atoms with Crippen molar-refractivity contribution < 1.29 is 0 Å². The van der Waals surface area contributed by atoms with Crippen LogP contribution in [-0.4, -0.2) is 11.5 Å². The van der Waals surface area contributed by atoms with Gasteiger partial charge in [-0.25, -0.2) is 0 Å². The Hall–Kier alpha value is -0.870. The summed E-state index contributed by atoms with van der Waals surface area (Å²) in [4.78, 5) is 0. The Labute approximate surface area is 162 Å². The van der Waals surface area contributed by atoms with E-state index in [9.17, 15) is 0 Å². The lowest BCUT2D eigenvalue weighted by Gasteiger charge is -2.41. The van der Waals surface area contributed by atoms with Crippen LogP contribution in [0.5, 0.6) is 0 Å². The van der Waals surface area contributed by atoms with Crippen molar-refractivity contribution >= 4 is 11.8 Å². The van der Waals surface area contributed by atoms with Gasteiger partial charge in [-0.05, 0) is 69.7 Å². The quantitative estimate of drug-likeness (QED) is 0.0976. The molecule has 0 aromatic carbocycles. The maximum Gasteiger partial charge on any atom is 0.134 e. The van der Waals surface area contributed by atoms with Crippen LogP contribution in [0.15, 0.2) is 36.5 Å². The minimum absolute atomic E-state index is 0.539. The first-order valence-electron chi connectivity index (χ1n) is 9.96. The zero-order valence-electron chi connectivity index (χ0n) is 17.4. The first-order valence-corrected chi connectivity index (χ1v) is 11.4. The van der Waals surface area contributed by atoms with Crippen molar-refractivity contribution in [3.8, 4) is 11.8 Å². The van der Waals surface area contributed by atoms with Gasteiger partial charge in [0.05, 0.1) is 6.26 Å². The van der Waals surface area contributed by atoms with E-state index in [1.807, 2.05) is 6.92 Å². The Balaban J connectivity index is 0.000000609. The molecule has 0 nitrogen and oxygen atoms in total. The lowest BCUT2D eigenvalue weighted by molar-refractivity contribution is 0.130. The van der Waals surface area contributed by atoms with E-state index >= 15 is 0 Å². The molecule has 1 fully saturated rings. The molecule has 1 unspecified atom stereocenters. The molecule has 1 atom stereocenters. The van der Waals surface area contributed by atoms with Gasteiger partial charge in [-0.3, -0.25) is 0 Å². The Morgan fingerprint density at radius 3 is 2.44 bits per heavy atom. The summed E-state index contributed by atoms with van der Waals surface area (Å²) in [5, 5.41) is 0.699. The van der Waals surface area contributed by atoms with Crippen molar-refractivity contribution in [1.82, 2.24) is 0 Å². The van der Waals surface area contributed by atoms with Gasteiger partial charge in [-0.1, -0.05) is 50.0 Å². The Morgan fingerprint density at radius 1 is 1.28 bits per heavy atom. The minimum Gasteiger partial charge on any atom is -0.107 e. The molecule has 0 aromatic rings. The molecule has 0 aromatic heterocycles. The van der Waals surface area contributed by atoms with E-state index < -0.39 is 0 Å². The van der Waals surface area contributed by atoms with E-state index in [0.717, 1.165) is 6.42 Å². The van der Waals surface area contributed by atoms with Crippen LogP contribution in [0, 0.1) is 17.3 Å². The summed E-state index contributed by atoms with van der Waals surface area (Å²) in [6.07, 6.45) is 22.8. The lowest BCUT2D eigenvalue weighted by atomic mass is 9.64. The van der Waals surface area contributed by atoms with Gasteiger partial charge in [-0.15, -0.1) is 18.4 Å². The highest BCUT2D eigenvalue weighted by Gasteiger charge is 2.39. The Bertz CT molecular complexity index is 454. The minimum atomic E-state index is 0.539. The molecule has 1 aliphatic carbocycles. The van der Waals surface area contributed by atoms with E-state index in [0.29, 0.717) is 10.7 Å². The van der Waals surface area contributed by atoms with Crippen LogP contribution in [-0.2, 0) is 11.8 Å². The lowest BCUT2D eigenvalue weighted by Crippen LogP contribution is -2.33. The molecule has 0 aliphatic heterocycles. The molecule has 1 aliphatic rings. The fraction of sp³-hybridized carbons (Fsp3) is 0.667. The van der Waals surface area contributed by atoms with Crippen LogP contribution in [0.2, 0.25) is 0 Å². The van der Waals surface area contributed by atoms with E-state index in [2.05, 4.69) is 69.8 Å². The van der Waals surface area contributed by atoms with Crippen LogP contribution in [0.3, 0.4) is 0 Å². The average molecular weight is 362 g/mol. The van der Waals surface area contributed by atoms with Gasteiger partial charge in [0, 0.05) is 12.8 Å². The van der Waals surface area contributed by atoms with Crippen LogP contribution in [0.4, 0.5) is 0 Å². The number of thiol groups is 1. The summed E-state index contributed by atoms with van der Waals surface area (Å²) in [7, 11) is 0. The molecule has 0 saturated heterocycles. The zero-order chi connectivity index (χ0) is 19.0. The first-order chi connectivity index (χ1) is 12.0. The van der Waals surface area contributed by atoms with Gasteiger partial charge in [0.15, 0.2) is 0 Å². The fourth-order valence-corrected chi connectivity index (χ4v) is 3.92. The molecule has 0 heterocycles. The SMILES string of the molecule is C=C(C)CCCCC.CC#CCC1(CC(/C=C/C=C/C)[SH+]C)CCC1. The highest BCUT2D eigenvalue weighted by Crippen LogP contribution is 2.47. The van der Waals surface area contributed by atoms with Gasteiger partial charge in [0.2, 0.25) is 0 Å². The second-order valence-corrected chi connectivity index (χ2v) is 8.49. The van der Waals surface area contributed by atoms with Crippen molar-refractivity contribution in [2.24, 2.45) is 5.41 Å². The van der Waals surface area contributed by atoms with Crippen molar-refractivity contribution in [2.45, 2.75) is 90.7 Å². The van der Waals surface area contributed by atoms with Crippen molar-refractivity contribution in [3.05, 3.63) is 36.5 Å². The summed E-state index contributed by atoms with van der Waals surface area (Å²) >= 11 is 1.48.